The van der Waals surface area contributed by atoms with Crippen molar-refractivity contribution in [2.24, 2.45) is 11.8 Å². The van der Waals surface area contributed by atoms with Crippen LogP contribution < -0.4 is 19.3 Å². The highest BCUT2D eigenvalue weighted by molar-refractivity contribution is 5.99. The predicted octanol–water partition coefficient (Wildman–Crippen LogP) is 8.76. The molecule has 4 aromatic carbocycles. The Bertz CT molecular complexity index is 1550. The van der Waals surface area contributed by atoms with E-state index < -0.39 is 36.0 Å². The number of carbonyl (C=O) groups is 4. The zero-order valence-corrected chi connectivity index (χ0v) is 27.0. The molecule has 5 rings (SSSR count). The van der Waals surface area contributed by atoms with Crippen LogP contribution in [0.5, 0.6) is 23.0 Å². The number of anilines is 2. The number of para-hydroxylation sites is 2. The molecule has 0 N–H and O–H groups in total. The molecule has 0 aliphatic heterocycles. The van der Waals surface area contributed by atoms with E-state index >= 15 is 0 Å². The van der Waals surface area contributed by atoms with Gasteiger partial charge in [-0.25, -0.2) is 9.59 Å². The third-order valence-corrected chi connectivity index (χ3v) is 7.85. The molecule has 48 heavy (non-hydrogen) atoms. The number of hydrogen-bond donors (Lipinski definition) is 0. The fourth-order valence-corrected chi connectivity index (χ4v) is 5.23. The Morgan fingerprint density at radius 2 is 0.854 bits per heavy atom. The minimum absolute atomic E-state index is 0.308. The van der Waals surface area contributed by atoms with Gasteiger partial charge < -0.3 is 18.9 Å². The molecule has 0 saturated heterocycles. The average Bonchev–Trinajstić information content (AvgIpc) is 3.07. The van der Waals surface area contributed by atoms with Crippen LogP contribution in [0.15, 0.2) is 109 Å². The molecular formula is C38H38N2O8. The number of benzene rings is 4. The molecule has 1 aliphatic rings. The fraction of sp³-hybridized carbons (Fsp3) is 0.263. The summed E-state index contributed by atoms with van der Waals surface area (Å²) in [5.74, 6) is -0.919. The van der Waals surface area contributed by atoms with Crippen LogP contribution in [0, 0.1) is 11.8 Å². The number of carbonyl (C=O) groups excluding carboxylic acids is 4. The summed E-state index contributed by atoms with van der Waals surface area (Å²) in [6, 6.07) is 32.3. The number of ether oxygens (including phenoxy) is 4. The molecule has 0 spiro atoms. The first kappa shape index (κ1) is 33.7. The molecule has 0 aromatic heterocycles. The van der Waals surface area contributed by atoms with Crippen molar-refractivity contribution in [3.05, 3.63) is 109 Å². The van der Waals surface area contributed by atoms with Crippen LogP contribution in [0.4, 0.5) is 21.0 Å². The minimum Gasteiger partial charge on any atom is -0.457 e. The van der Waals surface area contributed by atoms with Crippen molar-refractivity contribution in [1.29, 1.82) is 0 Å². The molecule has 1 saturated carbocycles. The lowest BCUT2D eigenvalue weighted by atomic mass is 9.74. The Hall–Kier alpha value is -5.64. The van der Waals surface area contributed by atoms with Crippen LogP contribution in [0.2, 0.25) is 0 Å². The second-order valence-electron chi connectivity index (χ2n) is 11.3. The van der Waals surface area contributed by atoms with Gasteiger partial charge >= 0.3 is 24.1 Å². The van der Waals surface area contributed by atoms with Crippen LogP contribution in [-0.4, -0.2) is 37.2 Å². The summed E-state index contributed by atoms with van der Waals surface area (Å²) in [6.07, 6.45) is 0.207. The highest BCUT2D eigenvalue weighted by Crippen LogP contribution is 2.37. The van der Waals surface area contributed by atoms with Gasteiger partial charge in [0.25, 0.3) is 0 Å². The zero-order chi connectivity index (χ0) is 33.9. The van der Waals surface area contributed by atoms with Crippen LogP contribution in [0.3, 0.4) is 0 Å². The summed E-state index contributed by atoms with van der Waals surface area (Å²) in [5, 5.41) is 0. The third-order valence-electron chi connectivity index (χ3n) is 7.85. The van der Waals surface area contributed by atoms with Crippen molar-refractivity contribution in [3.63, 3.8) is 0 Å². The Balaban J connectivity index is 1.16. The second kappa shape index (κ2) is 16.3. The second-order valence-corrected chi connectivity index (χ2v) is 11.3. The monoisotopic (exact) mass is 650 g/mol. The molecule has 10 heteroatoms. The summed E-state index contributed by atoms with van der Waals surface area (Å²) < 4.78 is 22.1. The maximum atomic E-state index is 13.1. The van der Waals surface area contributed by atoms with Crippen LogP contribution in [-0.2, 0) is 19.1 Å². The number of rotatable bonds is 12. The van der Waals surface area contributed by atoms with Crippen molar-refractivity contribution in [3.8, 4) is 23.0 Å². The molecule has 1 fully saturated rings. The molecule has 4 aromatic rings. The van der Waals surface area contributed by atoms with Crippen LogP contribution in [0.25, 0.3) is 0 Å². The van der Waals surface area contributed by atoms with Gasteiger partial charge in [0.15, 0.2) is 0 Å². The fourth-order valence-electron chi connectivity index (χ4n) is 5.23. The van der Waals surface area contributed by atoms with E-state index in [1.54, 1.807) is 48.5 Å². The lowest BCUT2D eigenvalue weighted by Gasteiger charge is -2.33. The Morgan fingerprint density at radius 3 is 1.17 bits per heavy atom. The van der Waals surface area contributed by atoms with Gasteiger partial charge in [0.2, 0.25) is 0 Å². The van der Waals surface area contributed by atoms with Gasteiger partial charge in [-0.05, 0) is 98.5 Å². The largest absolute Gasteiger partial charge is 0.457 e. The summed E-state index contributed by atoms with van der Waals surface area (Å²) >= 11 is 0. The van der Waals surface area contributed by atoms with Gasteiger partial charge in [-0.1, -0.05) is 50.2 Å². The molecule has 2 unspecified atom stereocenters. The van der Waals surface area contributed by atoms with Gasteiger partial charge in [-0.15, -0.1) is 0 Å². The van der Waals surface area contributed by atoms with E-state index in [0.717, 1.165) is 0 Å². The van der Waals surface area contributed by atoms with E-state index in [4.69, 9.17) is 18.9 Å². The SMILES string of the molecule is CCCN(C(=O)OC(=O)C1CCC1C(=O)OC(=O)N(CCC)c1ccc(Oc2ccccc2)cc1)c1ccc(Oc2ccccc2)cc1. The topological polar surface area (TPSA) is 112 Å². The third kappa shape index (κ3) is 8.58. The Kier molecular flexibility index (Phi) is 11.4. The number of amides is 2. The normalized spacial score (nSPS) is 15.0. The Labute approximate surface area is 279 Å². The first-order valence-corrected chi connectivity index (χ1v) is 16.1. The quantitative estimate of drug-likeness (QED) is 0.111. The van der Waals surface area contributed by atoms with Crippen molar-refractivity contribution in [1.82, 2.24) is 0 Å². The molecule has 1 aliphatic carbocycles. The summed E-state index contributed by atoms with van der Waals surface area (Å²) in [5.41, 5.74) is 1.06. The van der Waals surface area contributed by atoms with Gasteiger partial charge in [-0.2, -0.15) is 0 Å². The van der Waals surface area contributed by atoms with E-state index in [2.05, 4.69) is 0 Å². The maximum absolute atomic E-state index is 13.1. The van der Waals surface area contributed by atoms with E-state index in [1.807, 2.05) is 74.5 Å². The standard InChI is InChI=1S/C38H38N2O8/c1-3-25-39(27-15-19-31(20-16-27)45-29-11-7-5-8-12-29)37(43)47-35(41)33-23-24-34(33)36(42)48-38(44)40(26-4-2)28-17-21-32(22-18-28)46-30-13-9-6-10-14-30/h5-22,33-34H,3-4,23-26H2,1-2H3. The molecule has 10 nitrogen and oxygen atoms in total. The van der Waals surface area contributed by atoms with Gasteiger partial charge in [0, 0.05) is 24.5 Å². The van der Waals surface area contributed by atoms with Crippen molar-refractivity contribution in [2.45, 2.75) is 39.5 Å². The molecule has 0 bridgehead atoms. The van der Waals surface area contributed by atoms with Crippen LogP contribution >= 0.6 is 0 Å². The lowest BCUT2D eigenvalue weighted by molar-refractivity contribution is -0.160. The number of nitrogens with zero attached hydrogens (tertiary/aromatic N) is 2. The highest BCUT2D eigenvalue weighted by atomic mass is 16.6. The smallest absolute Gasteiger partial charge is 0.422 e. The maximum Gasteiger partial charge on any atom is 0.422 e. The Morgan fingerprint density at radius 1 is 0.521 bits per heavy atom. The summed E-state index contributed by atoms with van der Waals surface area (Å²) in [7, 11) is 0. The van der Waals surface area contributed by atoms with E-state index in [0.29, 0.717) is 73.1 Å². The first-order valence-electron chi connectivity index (χ1n) is 16.1. The average molecular weight is 651 g/mol. The number of hydrogen-bond acceptors (Lipinski definition) is 8. The lowest BCUT2D eigenvalue weighted by Crippen LogP contribution is -2.44. The molecular weight excluding hydrogens is 612 g/mol. The highest BCUT2D eigenvalue weighted by Gasteiger charge is 2.45. The summed E-state index contributed by atoms with van der Waals surface area (Å²) in [6.45, 7) is 4.42. The van der Waals surface area contributed by atoms with Crippen molar-refractivity contribution in [2.75, 3.05) is 22.9 Å². The first-order chi connectivity index (χ1) is 23.4. The molecule has 2 atom stereocenters. The van der Waals surface area contributed by atoms with Gasteiger partial charge in [0.05, 0.1) is 11.8 Å². The zero-order valence-electron chi connectivity index (χ0n) is 27.0. The van der Waals surface area contributed by atoms with Crippen LogP contribution in [0.1, 0.15) is 39.5 Å². The molecule has 0 heterocycles. The molecule has 0 radical (unpaired) electrons. The van der Waals surface area contributed by atoms with Crippen molar-refractivity contribution < 1.29 is 38.1 Å². The van der Waals surface area contributed by atoms with Gasteiger partial charge in [-0.3, -0.25) is 19.4 Å². The number of esters is 2. The molecule has 248 valence electrons. The van der Waals surface area contributed by atoms with E-state index in [1.165, 1.54) is 9.80 Å². The van der Waals surface area contributed by atoms with E-state index in [-0.39, 0.29) is 0 Å². The summed E-state index contributed by atoms with van der Waals surface area (Å²) in [4.78, 5) is 55.1. The van der Waals surface area contributed by atoms with E-state index in [9.17, 15) is 19.2 Å². The van der Waals surface area contributed by atoms with Gasteiger partial charge in [0.1, 0.15) is 23.0 Å². The minimum atomic E-state index is -0.895. The predicted molar refractivity (Wildman–Crippen MR) is 180 cm³/mol. The molecule has 2 amide bonds. The van der Waals surface area contributed by atoms with Crippen molar-refractivity contribution >= 4 is 35.5 Å².